The number of rotatable bonds is 1. The van der Waals surface area contributed by atoms with Crippen LogP contribution in [0.1, 0.15) is 25.7 Å². The number of nitrogens with two attached hydrogens (primary N) is 1. The molecule has 0 aromatic heterocycles. The number of aliphatic imine (C=N–C) groups is 1. The monoisotopic (exact) mass is 198 g/mol. The fourth-order valence-corrected chi connectivity index (χ4v) is 2.25. The van der Waals surface area contributed by atoms with Gasteiger partial charge in [0.1, 0.15) is 6.10 Å². The Kier molecular flexibility index (Phi) is 2.19. The van der Waals surface area contributed by atoms with Gasteiger partial charge >= 0.3 is 6.09 Å². The highest BCUT2D eigenvalue weighted by Gasteiger charge is 2.51. The summed E-state index contributed by atoms with van der Waals surface area (Å²) in [6.07, 6.45) is 2.90. The molecule has 2 aliphatic rings. The Morgan fingerprint density at radius 1 is 1.64 bits per heavy atom. The Morgan fingerprint density at radius 3 is 3.00 bits per heavy atom. The second kappa shape index (κ2) is 3.24. The fraction of sp³-hybridized carbons (Fsp3) is 0.778. The van der Waals surface area contributed by atoms with Gasteiger partial charge in [0.05, 0.1) is 0 Å². The first-order valence-corrected chi connectivity index (χ1v) is 4.79. The predicted molar refractivity (Wildman–Crippen MR) is 50.1 cm³/mol. The van der Waals surface area contributed by atoms with Crippen LogP contribution in [0.2, 0.25) is 0 Å². The Labute approximate surface area is 82.3 Å². The first-order chi connectivity index (χ1) is 6.69. The number of methoxy groups -OCH3 is 1. The maximum Gasteiger partial charge on any atom is 0.436 e. The molecule has 78 valence electrons. The molecule has 0 radical (unpaired) electrons. The zero-order chi connectivity index (χ0) is 10.2. The molecule has 1 heterocycles. The predicted octanol–water partition coefficient (Wildman–Crippen LogP) is 0.822. The minimum atomic E-state index is -0.774. The number of amides is 1. The van der Waals surface area contributed by atoms with Crippen molar-refractivity contribution in [2.75, 3.05) is 7.11 Å². The summed E-state index contributed by atoms with van der Waals surface area (Å²) in [5.74, 6) is 0.272. The summed E-state index contributed by atoms with van der Waals surface area (Å²) in [5, 5.41) is 0. The summed E-state index contributed by atoms with van der Waals surface area (Å²) in [6.45, 7) is 0. The summed E-state index contributed by atoms with van der Waals surface area (Å²) in [7, 11) is 1.61. The Hall–Kier alpha value is -1.10. The van der Waals surface area contributed by atoms with Crippen LogP contribution in [0.25, 0.3) is 0 Å². The molecule has 5 nitrogen and oxygen atoms in total. The van der Waals surface area contributed by atoms with Gasteiger partial charge in [0.15, 0.2) is 11.4 Å². The van der Waals surface area contributed by atoms with Crippen LogP contribution in [0, 0.1) is 0 Å². The van der Waals surface area contributed by atoms with Crippen molar-refractivity contribution in [1.82, 2.24) is 0 Å². The number of carbonyl (C=O) groups is 1. The minimum absolute atomic E-state index is 0.147. The van der Waals surface area contributed by atoms with Crippen LogP contribution < -0.4 is 5.73 Å². The van der Waals surface area contributed by atoms with E-state index in [2.05, 4.69) is 4.99 Å². The largest absolute Gasteiger partial charge is 0.436 e. The fourth-order valence-electron chi connectivity index (χ4n) is 2.25. The van der Waals surface area contributed by atoms with E-state index in [1.54, 1.807) is 7.11 Å². The lowest BCUT2D eigenvalue weighted by atomic mass is 9.81. The van der Waals surface area contributed by atoms with Crippen LogP contribution in [0.3, 0.4) is 0 Å². The maximum atomic E-state index is 11.0. The normalized spacial score (nSPS) is 37.1. The average Bonchev–Trinajstić information content (AvgIpc) is 2.43. The van der Waals surface area contributed by atoms with Crippen molar-refractivity contribution in [3.63, 3.8) is 0 Å². The van der Waals surface area contributed by atoms with Gasteiger partial charge in [0.2, 0.25) is 0 Å². The molecule has 0 aromatic carbocycles. The third kappa shape index (κ3) is 1.19. The molecule has 2 unspecified atom stereocenters. The second-order valence-corrected chi connectivity index (χ2v) is 3.72. The van der Waals surface area contributed by atoms with Gasteiger partial charge in [-0.1, -0.05) is 6.42 Å². The molecule has 1 aliphatic heterocycles. The summed E-state index contributed by atoms with van der Waals surface area (Å²) >= 11 is 0. The molecule has 1 spiro atoms. The standard InChI is InChI=1S/C9H14N2O3/c1-13-6-4-2-3-5-9(6)7(10)11-8(12)14-9/h6H,2-5H2,1H3,(H2,10,11,12). The Balaban J connectivity index is 2.28. The summed E-state index contributed by atoms with van der Waals surface area (Å²) in [4.78, 5) is 14.7. The molecular formula is C9H14N2O3. The molecule has 0 aromatic rings. The summed E-state index contributed by atoms with van der Waals surface area (Å²) in [5.41, 5.74) is 4.95. The molecule has 1 fully saturated rings. The van der Waals surface area contributed by atoms with E-state index in [0.29, 0.717) is 6.42 Å². The highest BCUT2D eigenvalue weighted by Crippen LogP contribution is 2.37. The quantitative estimate of drug-likeness (QED) is 0.677. The molecule has 0 bridgehead atoms. The van der Waals surface area contributed by atoms with E-state index in [4.69, 9.17) is 15.2 Å². The smallest absolute Gasteiger partial charge is 0.430 e. The van der Waals surface area contributed by atoms with Crippen molar-refractivity contribution in [1.29, 1.82) is 0 Å². The SMILES string of the molecule is COC1CCCCC12OC(=O)N=C2N. The first kappa shape index (κ1) is 9.45. The molecule has 1 amide bonds. The zero-order valence-corrected chi connectivity index (χ0v) is 8.16. The van der Waals surface area contributed by atoms with Crippen LogP contribution in [0.4, 0.5) is 4.79 Å². The van der Waals surface area contributed by atoms with Gasteiger partial charge in [-0.25, -0.2) is 4.79 Å². The number of ether oxygens (including phenoxy) is 2. The number of hydrogen-bond donors (Lipinski definition) is 1. The third-order valence-corrected chi connectivity index (χ3v) is 2.98. The Bertz CT molecular complexity index is 290. The maximum absolute atomic E-state index is 11.0. The molecule has 2 atom stereocenters. The lowest BCUT2D eigenvalue weighted by molar-refractivity contribution is -0.0705. The van der Waals surface area contributed by atoms with Crippen molar-refractivity contribution in [3.8, 4) is 0 Å². The summed E-state index contributed by atoms with van der Waals surface area (Å²) < 4.78 is 10.5. The lowest BCUT2D eigenvalue weighted by Crippen LogP contribution is -2.55. The molecule has 2 rings (SSSR count). The average molecular weight is 198 g/mol. The van der Waals surface area contributed by atoms with E-state index in [-0.39, 0.29) is 11.9 Å². The van der Waals surface area contributed by atoms with Crippen molar-refractivity contribution >= 4 is 11.9 Å². The van der Waals surface area contributed by atoms with Crippen molar-refractivity contribution < 1.29 is 14.3 Å². The highest BCUT2D eigenvalue weighted by molar-refractivity contribution is 6.02. The van der Waals surface area contributed by atoms with Gasteiger partial charge in [-0.3, -0.25) is 0 Å². The lowest BCUT2D eigenvalue weighted by Gasteiger charge is -2.38. The van der Waals surface area contributed by atoms with Gasteiger partial charge in [0, 0.05) is 7.11 Å². The zero-order valence-electron chi connectivity index (χ0n) is 8.16. The summed E-state index contributed by atoms with van der Waals surface area (Å²) in [6, 6.07) is 0. The molecule has 1 aliphatic carbocycles. The van der Waals surface area contributed by atoms with Gasteiger partial charge in [-0.2, -0.15) is 4.99 Å². The topological polar surface area (TPSA) is 73.9 Å². The first-order valence-electron chi connectivity index (χ1n) is 4.79. The molecule has 1 saturated carbocycles. The molecule has 2 N–H and O–H groups in total. The van der Waals surface area contributed by atoms with Crippen LogP contribution >= 0.6 is 0 Å². The van der Waals surface area contributed by atoms with E-state index in [9.17, 15) is 4.79 Å². The van der Waals surface area contributed by atoms with Crippen molar-refractivity contribution in [2.45, 2.75) is 37.4 Å². The van der Waals surface area contributed by atoms with Gasteiger partial charge in [-0.15, -0.1) is 0 Å². The van der Waals surface area contributed by atoms with Crippen LogP contribution in [0.5, 0.6) is 0 Å². The number of hydrogen-bond acceptors (Lipinski definition) is 4. The van der Waals surface area contributed by atoms with Crippen molar-refractivity contribution in [2.24, 2.45) is 10.7 Å². The Morgan fingerprint density at radius 2 is 2.43 bits per heavy atom. The van der Waals surface area contributed by atoms with Crippen molar-refractivity contribution in [3.05, 3.63) is 0 Å². The molecular weight excluding hydrogens is 184 g/mol. The van der Waals surface area contributed by atoms with E-state index in [1.807, 2.05) is 0 Å². The van der Waals surface area contributed by atoms with E-state index in [0.717, 1.165) is 19.3 Å². The van der Waals surface area contributed by atoms with E-state index < -0.39 is 11.7 Å². The number of nitrogens with zero attached hydrogens (tertiary/aromatic N) is 1. The van der Waals surface area contributed by atoms with E-state index in [1.165, 1.54) is 0 Å². The second-order valence-electron chi connectivity index (χ2n) is 3.72. The number of amidine groups is 1. The minimum Gasteiger partial charge on any atom is -0.430 e. The van der Waals surface area contributed by atoms with Gasteiger partial charge in [0.25, 0.3) is 0 Å². The van der Waals surface area contributed by atoms with Crippen LogP contribution in [-0.4, -0.2) is 30.7 Å². The van der Waals surface area contributed by atoms with Crippen LogP contribution in [-0.2, 0) is 9.47 Å². The van der Waals surface area contributed by atoms with Gasteiger partial charge in [-0.05, 0) is 19.3 Å². The van der Waals surface area contributed by atoms with Gasteiger partial charge < -0.3 is 15.2 Å². The molecule has 14 heavy (non-hydrogen) atoms. The van der Waals surface area contributed by atoms with Crippen LogP contribution in [0.15, 0.2) is 4.99 Å². The molecule has 0 saturated heterocycles. The number of carbonyl (C=O) groups excluding carboxylic acids is 1. The van der Waals surface area contributed by atoms with E-state index >= 15 is 0 Å². The highest BCUT2D eigenvalue weighted by atomic mass is 16.6. The molecule has 5 heteroatoms. The third-order valence-electron chi connectivity index (χ3n) is 2.98.